The zero-order valence-corrected chi connectivity index (χ0v) is 16.4. The van der Waals surface area contributed by atoms with Crippen molar-refractivity contribution in [1.82, 2.24) is 15.5 Å². The van der Waals surface area contributed by atoms with Gasteiger partial charge in [-0.2, -0.15) is 0 Å². The van der Waals surface area contributed by atoms with E-state index in [1.54, 1.807) is 18.4 Å². The van der Waals surface area contributed by atoms with Gasteiger partial charge < -0.3 is 25.2 Å². The Balaban J connectivity index is 1.68. The maximum absolute atomic E-state index is 11.6. The van der Waals surface area contributed by atoms with Crippen LogP contribution in [0.1, 0.15) is 20.8 Å². The van der Waals surface area contributed by atoms with Crippen LogP contribution in [0.4, 0.5) is 9.80 Å². The molecule has 25 heavy (non-hydrogen) atoms. The monoisotopic (exact) mass is 367 g/mol. The fourth-order valence-corrected chi connectivity index (χ4v) is 3.36. The van der Waals surface area contributed by atoms with Crippen molar-refractivity contribution in [3.63, 3.8) is 0 Å². The average molecular weight is 368 g/mol. The highest BCUT2D eigenvalue weighted by atomic mass is 32.1. The minimum atomic E-state index is -0.476. The Morgan fingerprint density at radius 3 is 2.48 bits per heavy atom. The van der Waals surface area contributed by atoms with Crippen LogP contribution in [0.15, 0.2) is 22.5 Å². The normalized spacial score (nSPS) is 15.9. The van der Waals surface area contributed by atoms with E-state index in [0.717, 1.165) is 32.1 Å². The van der Waals surface area contributed by atoms with E-state index >= 15 is 0 Å². The Hall–Kier alpha value is -1.96. The van der Waals surface area contributed by atoms with Crippen LogP contribution in [0.3, 0.4) is 0 Å². The molecule has 0 aliphatic carbocycles. The number of piperazine rings is 1. The summed E-state index contributed by atoms with van der Waals surface area (Å²) in [5.74, 6) is 0.872. The van der Waals surface area contributed by atoms with E-state index in [1.807, 2.05) is 20.8 Å². The lowest BCUT2D eigenvalue weighted by Gasteiger charge is -2.37. The molecule has 1 amide bonds. The van der Waals surface area contributed by atoms with Gasteiger partial charge in [-0.05, 0) is 38.3 Å². The number of hydrogen-bond donors (Lipinski definition) is 2. The molecule has 1 aliphatic rings. The first kappa shape index (κ1) is 19.4. The molecule has 2 N–H and O–H groups in total. The number of rotatable bonds is 4. The summed E-state index contributed by atoms with van der Waals surface area (Å²) in [4.78, 5) is 20.6. The molecule has 1 aromatic rings. The van der Waals surface area contributed by atoms with E-state index in [2.05, 4.69) is 42.9 Å². The number of anilines is 1. The molecule has 1 saturated heterocycles. The number of nitrogens with zero attached hydrogens (tertiary/aromatic N) is 3. The van der Waals surface area contributed by atoms with Crippen molar-refractivity contribution < 1.29 is 9.53 Å². The van der Waals surface area contributed by atoms with Gasteiger partial charge in [0.1, 0.15) is 5.60 Å². The zero-order valence-electron chi connectivity index (χ0n) is 15.5. The van der Waals surface area contributed by atoms with Gasteiger partial charge in [-0.3, -0.25) is 4.99 Å². The Morgan fingerprint density at radius 1 is 1.24 bits per heavy atom. The highest BCUT2D eigenvalue weighted by Crippen LogP contribution is 2.22. The Kier molecular flexibility index (Phi) is 6.92. The summed E-state index contributed by atoms with van der Waals surface area (Å²) in [5, 5.41) is 9.47. The molecule has 2 heterocycles. The Bertz CT molecular complexity index is 560. The number of carbonyl (C=O) groups excluding carboxylic acids is 1. The number of aliphatic imine (C=N–C) groups is 1. The van der Waals surface area contributed by atoms with E-state index in [9.17, 15) is 4.79 Å². The second kappa shape index (κ2) is 8.94. The second-order valence-electron chi connectivity index (χ2n) is 6.83. The molecule has 0 spiro atoms. The third-order valence-electron chi connectivity index (χ3n) is 3.69. The number of alkyl carbamates (subject to hydrolysis) is 1. The lowest BCUT2D eigenvalue weighted by molar-refractivity contribution is 0.0529. The molecular formula is C17H29N5O2S. The molecular weight excluding hydrogens is 338 g/mol. The molecule has 0 unspecified atom stereocenters. The third-order valence-corrected chi connectivity index (χ3v) is 4.61. The predicted molar refractivity (Wildman–Crippen MR) is 104 cm³/mol. The molecule has 0 bridgehead atoms. The van der Waals surface area contributed by atoms with Crippen LogP contribution in [0, 0.1) is 0 Å². The molecule has 1 fully saturated rings. The summed E-state index contributed by atoms with van der Waals surface area (Å²) >= 11 is 1.78. The highest BCUT2D eigenvalue weighted by Gasteiger charge is 2.20. The van der Waals surface area contributed by atoms with E-state index in [-0.39, 0.29) is 0 Å². The van der Waals surface area contributed by atoms with Crippen molar-refractivity contribution in [1.29, 1.82) is 0 Å². The molecule has 2 rings (SSSR count). The fourth-order valence-electron chi connectivity index (χ4n) is 2.57. The molecule has 140 valence electrons. The lowest BCUT2D eigenvalue weighted by atomic mass is 10.2. The second-order valence-corrected chi connectivity index (χ2v) is 7.75. The van der Waals surface area contributed by atoms with Gasteiger partial charge in [-0.25, -0.2) is 4.79 Å². The van der Waals surface area contributed by atoms with Crippen LogP contribution in [-0.2, 0) is 4.74 Å². The van der Waals surface area contributed by atoms with Gasteiger partial charge in [0.2, 0.25) is 0 Å². The Labute approximate surface area is 154 Å². The molecule has 1 aliphatic heterocycles. The van der Waals surface area contributed by atoms with Gasteiger partial charge in [-0.1, -0.05) is 0 Å². The van der Waals surface area contributed by atoms with Crippen molar-refractivity contribution in [3.05, 3.63) is 17.5 Å². The molecule has 8 heteroatoms. The number of amides is 1. The summed E-state index contributed by atoms with van der Waals surface area (Å²) in [6.07, 6.45) is -0.395. The molecule has 0 aromatic carbocycles. The number of guanidine groups is 1. The van der Waals surface area contributed by atoms with Gasteiger partial charge >= 0.3 is 6.09 Å². The topological polar surface area (TPSA) is 69.2 Å². The van der Waals surface area contributed by atoms with E-state index < -0.39 is 11.7 Å². The van der Waals surface area contributed by atoms with Crippen LogP contribution >= 0.6 is 11.3 Å². The summed E-state index contributed by atoms with van der Waals surface area (Å²) in [5.41, 5.74) is -0.476. The summed E-state index contributed by atoms with van der Waals surface area (Å²) in [7, 11) is 1.79. The van der Waals surface area contributed by atoms with Crippen molar-refractivity contribution in [2.45, 2.75) is 26.4 Å². The largest absolute Gasteiger partial charge is 0.444 e. The van der Waals surface area contributed by atoms with Crippen molar-refractivity contribution in [2.75, 3.05) is 51.2 Å². The van der Waals surface area contributed by atoms with Crippen molar-refractivity contribution in [3.8, 4) is 0 Å². The van der Waals surface area contributed by atoms with Crippen LogP contribution < -0.4 is 15.5 Å². The summed E-state index contributed by atoms with van der Waals surface area (Å²) in [6, 6.07) is 4.25. The minimum absolute atomic E-state index is 0.395. The predicted octanol–water partition coefficient (Wildman–Crippen LogP) is 1.97. The number of carbonyl (C=O) groups is 1. The van der Waals surface area contributed by atoms with Gasteiger partial charge in [0.25, 0.3) is 0 Å². The molecule has 7 nitrogen and oxygen atoms in total. The van der Waals surface area contributed by atoms with Crippen molar-refractivity contribution >= 4 is 28.4 Å². The van der Waals surface area contributed by atoms with Crippen LogP contribution in [0.2, 0.25) is 0 Å². The van der Waals surface area contributed by atoms with E-state index in [1.165, 1.54) is 5.00 Å². The zero-order chi connectivity index (χ0) is 18.3. The maximum Gasteiger partial charge on any atom is 0.407 e. The molecule has 1 aromatic heterocycles. The van der Waals surface area contributed by atoms with Crippen LogP contribution in [-0.4, -0.2) is 68.9 Å². The minimum Gasteiger partial charge on any atom is -0.444 e. The van der Waals surface area contributed by atoms with Gasteiger partial charge in [0.05, 0.1) is 5.00 Å². The Morgan fingerprint density at radius 2 is 1.92 bits per heavy atom. The first-order chi connectivity index (χ1) is 11.9. The van der Waals surface area contributed by atoms with Crippen LogP contribution in [0.5, 0.6) is 0 Å². The first-order valence-corrected chi connectivity index (χ1v) is 9.48. The smallest absolute Gasteiger partial charge is 0.407 e. The quantitative estimate of drug-likeness (QED) is 0.484. The highest BCUT2D eigenvalue weighted by molar-refractivity contribution is 7.14. The summed E-state index contributed by atoms with van der Waals surface area (Å²) < 4.78 is 5.21. The van der Waals surface area contributed by atoms with Crippen molar-refractivity contribution in [2.24, 2.45) is 4.99 Å². The van der Waals surface area contributed by atoms with E-state index in [4.69, 9.17) is 4.74 Å². The third kappa shape index (κ3) is 6.45. The standard InChI is InChI=1S/C17H29N5O2S/c1-17(2,3)24-16(23)20-8-7-19-15(18-4)22-11-9-21(10-12-22)14-6-5-13-25-14/h5-6,13H,7-12H2,1-4H3,(H,18,19)(H,20,23). The van der Waals surface area contributed by atoms with Crippen LogP contribution in [0.25, 0.3) is 0 Å². The number of hydrogen-bond acceptors (Lipinski definition) is 5. The molecule has 0 atom stereocenters. The van der Waals surface area contributed by atoms with Gasteiger partial charge in [0.15, 0.2) is 5.96 Å². The fraction of sp³-hybridized carbons (Fsp3) is 0.647. The maximum atomic E-state index is 11.6. The van der Waals surface area contributed by atoms with Gasteiger partial charge in [0, 0.05) is 46.3 Å². The average Bonchev–Trinajstić information content (AvgIpc) is 3.08. The SMILES string of the molecule is CN=C(NCCNC(=O)OC(C)(C)C)N1CCN(c2cccs2)CC1. The lowest BCUT2D eigenvalue weighted by Crippen LogP contribution is -2.53. The number of thiophene rings is 1. The molecule has 0 saturated carbocycles. The summed E-state index contributed by atoms with van der Waals surface area (Å²) in [6.45, 7) is 10.5. The first-order valence-electron chi connectivity index (χ1n) is 8.60. The van der Waals surface area contributed by atoms with Gasteiger partial charge in [-0.15, -0.1) is 11.3 Å². The number of nitrogens with one attached hydrogen (secondary N) is 2. The van der Waals surface area contributed by atoms with E-state index in [0.29, 0.717) is 13.1 Å². The molecule has 0 radical (unpaired) electrons. The number of ether oxygens (including phenoxy) is 1.